The van der Waals surface area contributed by atoms with Crippen LogP contribution in [0.4, 0.5) is 5.69 Å². The van der Waals surface area contributed by atoms with Crippen LogP contribution in [0.2, 0.25) is 0 Å². The van der Waals surface area contributed by atoms with E-state index < -0.39 is 5.60 Å². The van der Waals surface area contributed by atoms with E-state index >= 15 is 0 Å². The minimum atomic E-state index is -0.712. The van der Waals surface area contributed by atoms with Crippen LogP contribution >= 0.6 is 0 Å². The van der Waals surface area contributed by atoms with Crippen molar-refractivity contribution in [1.82, 2.24) is 4.90 Å². The van der Waals surface area contributed by atoms with Crippen LogP contribution in [0, 0.1) is 0 Å². The Labute approximate surface area is 120 Å². The molecule has 2 saturated heterocycles. The number of hydrogen-bond donors (Lipinski definition) is 1. The number of fused-ring (bicyclic) bond motifs is 2. The van der Waals surface area contributed by atoms with Crippen LogP contribution in [0.25, 0.3) is 0 Å². The number of hydrogen-bond acceptors (Lipinski definition) is 4. The zero-order valence-corrected chi connectivity index (χ0v) is 12.5. The van der Waals surface area contributed by atoms with E-state index in [4.69, 9.17) is 4.74 Å². The molecule has 0 saturated carbocycles. The van der Waals surface area contributed by atoms with Gasteiger partial charge < -0.3 is 14.7 Å². The van der Waals surface area contributed by atoms with Gasteiger partial charge in [-0.15, -0.1) is 0 Å². The van der Waals surface area contributed by atoms with Gasteiger partial charge in [-0.1, -0.05) is 12.1 Å². The highest BCUT2D eigenvalue weighted by Crippen LogP contribution is 2.40. The fourth-order valence-electron chi connectivity index (χ4n) is 3.45. The van der Waals surface area contributed by atoms with Crippen LogP contribution in [-0.2, 0) is 10.3 Å². The number of nitrogens with zero attached hydrogens (tertiary/aromatic N) is 2. The van der Waals surface area contributed by atoms with Gasteiger partial charge >= 0.3 is 0 Å². The number of likely N-dealkylation sites (N-methyl/N-ethyl adjacent to an activating group) is 1. The number of anilines is 1. The Balaban J connectivity index is 1.85. The number of morpholine rings is 1. The minimum Gasteiger partial charge on any atom is -0.385 e. The molecule has 1 aromatic rings. The third-order valence-electron chi connectivity index (χ3n) is 4.84. The zero-order valence-electron chi connectivity index (χ0n) is 12.5. The normalized spacial score (nSPS) is 34.0. The molecule has 3 rings (SSSR count). The highest BCUT2D eigenvalue weighted by Gasteiger charge is 2.45. The molecule has 4 nitrogen and oxygen atoms in total. The molecule has 0 aliphatic carbocycles. The van der Waals surface area contributed by atoms with Crippen molar-refractivity contribution < 1.29 is 9.84 Å². The van der Waals surface area contributed by atoms with Gasteiger partial charge in [0, 0.05) is 31.9 Å². The Bertz CT molecular complexity index is 458. The van der Waals surface area contributed by atoms with Gasteiger partial charge in [0.25, 0.3) is 0 Å². The maximum Gasteiger partial charge on any atom is 0.0928 e. The topological polar surface area (TPSA) is 35.9 Å². The fraction of sp³-hybridized carbons (Fsp3) is 0.625. The minimum absolute atomic E-state index is 0.320. The molecule has 2 aliphatic rings. The van der Waals surface area contributed by atoms with Crippen LogP contribution in [0.1, 0.15) is 18.4 Å². The molecular formula is C16H24N2O2. The lowest BCUT2D eigenvalue weighted by Crippen LogP contribution is -2.59. The van der Waals surface area contributed by atoms with Crippen LogP contribution in [0.5, 0.6) is 0 Å². The van der Waals surface area contributed by atoms with E-state index in [1.54, 1.807) is 0 Å². The maximum atomic E-state index is 11.1. The Kier molecular flexibility index (Phi) is 3.48. The van der Waals surface area contributed by atoms with E-state index in [-0.39, 0.29) is 0 Å². The van der Waals surface area contributed by atoms with Gasteiger partial charge in [-0.2, -0.15) is 0 Å². The van der Waals surface area contributed by atoms with Crippen molar-refractivity contribution >= 4 is 5.69 Å². The summed E-state index contributed by atoms with van der Waals surface area (Å²) in [6.45, 7) is 1.45. The third-order valence-corrected chi connectivity index (χ3v) is 4.84. The molecule has 1 N–H and O–H groups in total. The summed E-state index contributed by atoms with van der Waals surface area (Å²) >= 11 is 0. The smallest absolute Gasteiger partial charge is 0.0928 e. The van der Waals surface area contributed by atoms with E-state index in [1.807, 2.05) is 14.1 Å². The number of piperidine rings is 1. The monoisotopic (exact) mass is 276 g/mol. The van der Waals surface area contributed by atoms with Crippen LogP contribution in [0.15, 0.2) is 24.3 Å². The second kappa shape index (κ2) is 5.02. The van der Waals surface area contributed by atoms with Crippen molar-refractivity contribution in [2.24, 2.45) is 0 Å². The zero-order chi connectivity index (χ0) is 14.3. The van der Waals surface area contributed by atoms with Crippen molar-refractivity contribution in [3.63, 3.8) is 0 Å². The molecule has 0 spiro atoms. The Hall–Kier alpha value is -1.10. The first-order chi connectivity index (χ1) is 9.49. The lowest BCUT2D eigenvalue weighted by Gasteiger charge is -2.50. The van der Waals surface area contributed by atoms with E-state index in [2.05, 4.69) is 41.1 Å². The average molecular weight is 276 g/mol. The predicted octanol–water partition coefficient (Wildman–Crippen LogP) is 1.43. The first kappa shape index (κ1) is 13.9. The van der Waals surface area contributed by atoms with Crippen LogP contribution < -0.4 is 4.90 Å². The molecule has 2 bridgehead atoms. The van der Waals surface area contributed by atoms with Gasteiger partial charge in [0.05, 0.1) is 18.8 Å². The molecule has 0 aromatic heterocycles. The van der Waals surface area contributed by atoms with Gasteiger partial charge in [0.1, 0.15) is 0 Å². The lowest BCUT2D eigenvalue weighted by atomic mass is 9.77. The van der Waals surface area contributed by atoms with E-state index in [0.717, 1.165) is 37.3 Å². The number of ether oxygens (including phenoxy) is 1. The molecule has 2 aliphatic heterocycles. The molecule has 2 fully saturated rings. The molecular weight excluding hydrogens is 252 g/mol. The fourth-order valence-corrected chi connectivity index (χ4v) is 3.45. The first-order valence-corrected chi connectivity index (χ1v) is 7.29. The summed E-state index contributed by atoms with van der Waals surface area (Å²) in [5.74, 6) is 0. The molecule has 4 heteroatoms. The summed E-state index contributed by atoms with van der Waals surface area (Å²) in [5, 5.41) is 11.1. The summed E-state index contributed by atoms with van der Waals surface area (Å²) in [6.07, 6.45) is 1.50. The molecule has 2 unspecified atom stereocenters. The molecule has 0 amide bonds. The molecule has 2 heterocycles. The number of aliphatic hydroxyl groups is 1. The van der Waals surface area contributed by atoms with Crippen LogP contribution in [0.3, 0.4) is 0 Å². The summed E-state index contributed by atoms with van der Waals surface area (Å²) in [6, 6.07) is 8.94. The highest BCUT2D eigenvalue weighted by molar-refractivity contribution is 5.47. The van der Waals surface area contributed by atoms with Gasteiger partial charge in [-0.25, -0.2) is 0 Å². The lowest BCUT2D eigenvalue weighted by molar-refractivity contribution is -0.137. The van der Waals surface area contributed by atoms with E-state index in [9.17, 15) is 5.11 Å². The second-order valence-corrected chi connectivity index (χ2v) is 6.39. The van der Waals surface area contributed by atoms with E-state index in [0.29, 0.717) is 12.1 Å². The number of benzene rings is 1. The van der Waals surface area contributed by atoms with Crippen molar-refractivity contribution in [2.45, 2.75) is 30.5 Å². The molecule has 110 valence electrons. The summed E-state index contributed by atoms with van der Waals surface area (Å²) in [4.78, 5) is 4.44. The van der Waals surface area contributed by atoms with Gasteiger partial charge in [0.15, 0.2) is 0 Å². The van der Waals surface area contributed by atoms with Crippen molar-refractivity contribution in [3.05, 3.63) is 29.8 Å². The maximum absolute atomic E-state index is 11.1. The molecule has 20 heavy (non-hydrogen) atoms. The molecule has 1 aromatic carbocycles. The standard InChI is InChI=1S/C16H24N2O2/c1-17(2)13-6-4-12(5-7-13)16(19)8-14-10-20-11-15(9-16)18(14)3/h4-7,14-15,19H,8-11H2,1-3H3. The molecule has 0 radical (unpaired) electrons. The van der Waals surface area contributed by atoms with Gasteiger partial charge in [0.2, 0.25) is 0 Å². The summed E-state index contributed by atoms with van der Waals surface area (Å²) < 4.78 is 5.63. The predicted molar refractivity (Wildman–Crippen MR) is 80.1 cm³/mol. The Morgan fingerprint density at radius 1 is 1.15 bits per heavy atom. The van der Waals surface area contributed by atoms with Crippen molar-refractivity contribution in [2.75, 3.05) is 39.3 Å². The van der Waals surface area contributed by atoms with Gasteiger partial charge in [-0.05, 0) is 37.6 Å². The van der Waals surface area contributed by atoms with Crippen molar-refractivity contribution in [3.8, 4) is 0 Å². The summed E-state index contributed by atoms with van der Waals surface area (Å²) in [5.41, 5.74) is 1.48. The second-order valence-electron chi connectivity index (χ2n) is 6.39. The largest absolute Gasteiger partial charge is 0.385 e. The quantitative estimate of drug-likeness (QED) is 0.886. The average Bonchev–Trinajstić information content (AvgIpc) is 2.41. The van der Waals surface area contributed by atoms with Gasteiger partial charge in [-0.3, -0.25) is 4.90 Å². The number of rotatable bonds is 2. The highest BCUT2D eigenvalue weighted by atomic mass is 16.5. The van der Waals surface area contributed by atoms with Crippen LogP contribution in [-0.4, -0.2) is 56.4 Å². The Morgan fingerprint density at radius 3 is 2.20 bits per heavy atom. The van der Waals surface area contributed by atoms with Crippen molar-refractivity contribution in [1.29, 1.82) is 0 Å². The van der Waals surface area contributed by atoms with E-state index in [1.165, 1.54) is 0 Å². The first-order valence-electron chi connectivity index (χ1n) is 7.29. The third kappa shape index (κ3) is 2.32. The summed E-state index contributed by atoms with van der Waals surface area (Å²) in [7, 11) is 6.20. The molecule has 2 atom stereocenters. The SMILES string of the molecule is CN(C)c1ccc(C2(O)CC3COCC(C2)N3C)cc1. The Morgan fingerprint density at radius 2 is 1.70 bits per heavy atom.